The van der Waals surface area contributed by atoms with Crippen molar-refractivity contribution in [2.45, 2.75) is 64.3 Å². The highest BCUT2D eigenvalue weighted by molar-refractivity contribution is 7.07. The number of thiazole rings is 1. The van der Waals surface area contributed by atoms with Gasteiger partial charge in [-0.15, -0.1) is 23.7 Å². The molecule has 0 bridgehead atoms. The molecule has 1 N–H and O–H groups in total. The van der Waals surface area contributed by atoms with Crippen molar-refractivity contribution in [2.24, 2.45) is 12.0 Å². The third kappa shape index (κ3) is 6.22. The normalized spacial score (nSPS) is 15.0. The molecule has 1 aliphatic rings. The fraction of sp³-hybridized carbons (Fsp3) is 0.524. The second kappa shape index (κ2) is 10.7. The summed E-state index contributed by atoms with van der Waals surface area (Å²) >= 11 is 1.64. The molecule has 0 unspecified atom stereocenters. The van der Waals surface area contributed by atoms with E-state index in [0.29, 0.717) is 12.5 Å². The summed E-state index contributed by atoms with van der Waals surface area (Å²) in [6.45, 7) is 2.20. The molecule has 0 aliphatic heterocycles. The van der Waals surface area contributed by atoms with E-state index in [1.165, 1.54) is 44.1 Å². The van der Waals surface area contributed by atoms with Gasteiger partial charge in [0.2, 0.25) is 5.91 Å². The van der Waals surface area contributed by atoms with Crippen LogP contribution in [0, 0.1) is 0 Å². The van der Waals surface area contributed by atoms with E-state index in [-0.39, 0.29) is 18.3 Å². The Morgan fingerprint density at radius 2 is 1.96 bits per heavy atom. The number of aromatic nitrogens is 1. The lowest BCUT2D eigenvalue weighted by Crippen LogP contribution is -2.20. The Morgan fingerprint density at radius 1 is 1.26 bits per heavy atom. The number of unbranched alkanes of at least 4 members (excludes halogenated alkanes) is 1. The molecule has 4 nitrogen and oxygen atoms in total. The minimum absolute atomic E-state index is 0. The lowest BCUT2D eigenvalue weighted by atomic mass is 10.1. The molecule has 1 aliphatic carbocycles. The Hall–Kier alpha value is -1.59. The molecular formula is C21H30ClN3OS. The second-order valence-electron chi connectivity index (χ2n) is 7.16. The Morgan fingerprint density at radius 3 is 2.63 bits per heavy atom. The largest absolute Gasteiger partial charge is 0.326 e. The minimum Gasteiger partial charge on any atom is -0.326 e. The fourth-order valence-electron chi connectivity index (χ4n) is 3.37. The monoisotopic (exact) mass is 407 g/mol. The van der Waals surface area contributed by atoms with Gasteiger partial charge < -0.3 is 9.88 Å². The van der Waals surface area contributed by atoms with Crippen molar-refractivity contribution in [3.8, 4) is 0 Å². The summed E-state index contributed by atoms with van der Waals surface area (Å²) < 4.78 is 2.07. The van der Waals surface area contributed by atoms with Crippen LogP contribution in [0.5, 0.6) is 0 Å². The second-order valence-corrected chi connectivity index (χ2v) is 8.00. The molecule has 0 saturated heterocycles. The van der Waals surface area contributed by atoms with Gasteiger partial charge in [0.1, 0.15) is 0 Å². The molecule has 148 valence electrons. The molecule has 1 heterocycles. The van der Waals surface area contributed by atoms with Gasteiger partial charge in [-0.05, 0) is 43.4 Å². The number of carbonyl (C=O) groups is 1. The zero-order valence-electron chi connectivity index (χ0n) is 16.2. The molecule has 0 spiro atoms. The maximum atomic E-state index is 12.4. The Kier molecular flexibility index (Phi) is 8.58. The number of hydrogen-bond acceptors (Lipinski definition) is 3. The molecule has 27 heavy (non-hydrogen) atoms. The average Bonchev–Trinajstić information content (AvgIpc) is 3.27. The number of nitrogens with one attached hydrogen (secondary N) is 1. The van der Waals surface area contributed by atoms with E-state index in [1.807, 2.05) is 19.2 Å². The lowest BCUT2D eigenvalue weighted by Gasteiger charge is -2.07. The first-order chi connectivity index (χ1) is 12.7. The molecule has 1 aromatic carbocycles. The van der Waals surface area contributed by atoms with Crippen LogP contribution in [0.1, 0.15) is 56.7 Å². The number of nitrogens with zero attached hydrogens (tertiary/aromatic N) is 2. The van der Waals surface area contributed by atoms with E-state index in [0.717, 1.165) is 22.6 Å². The van der Waals surface area contributed by atoms with Crippen LogP contribution in [-0.4, -0.2) is 16.5 Å². The Bertz CT molecular complexity index is 789. The van der Waals surface area contributed by atoms with E-state index >= 15 is 0 Å². The summed E-state index contributed by atoms with van der Waals surface area (Å²) in [6, 6.07) is 8.67. The van der Waals surface area contributed by atoms with Crippen molar-refractivity contribution in [3.05, 3.63) is 45.7 Å². The topological polar surface area (TPSA) is 46.4 Å². The summed E-state index contributed by atoms with van der Waals surface area (Å²) in [7, 11) is 2.01. The third-order valence-electron chi connectivity index (χ3n) is 5.03. The molecule has 1 amide bonds. The van der Waals surface area contributed by atoms with E-state index in [4.69, 9.17) is 4.99 Å². The molecule has 0 atom stereocenters. The van der Waals surface area contributed by atoms with E-state index < -0.39 is 0 Å². The number of rotatable bonds is 7. The van der Waals surface area contributed by atoms with Gasteiger partial charge in [0, 0.05) is 23.8 Å². The first kappa shape index (κ1) is 21.7. The van der Waals surface area contributed by atoms with Crippen LogP contribution in [0.15, 0.2) is 34.6 Å². The fourth-order valence-corrected chi connectivity index (χ4v) is 4.34. The van der Waals surface area contributed by atoms with Crippen molar-refractivity contribution in [1.29, 1.82) is 0 Å². The van der Waals surface area contributed by atoms with Crippen LogP contribution >= 0.6 is 23.7 Å². The molecule has 6 heteroatoms. The van der Waals surface area contributed by atoms with Crippen molar-refractivity contribution in [2.75, 3.05) is 5.32 Å². The summed E-state index contributed by atoms with van der Waals surface area (Å²) in [5, 5.41) is 5.06. The minimum atomic E-state index is 0. The standard InChI is InChI=1S/C21H29N3OS.ClH/c1-3-4-7-16-10-12-18(13-11-16)22-20(25)14-19-15-26-21(24(19)2)23-17-8-5-6-9-17;/h10-13,15,17H,3-9,14H2,1-2H3,(H,22,25);1H. The molecule has 3 rings (SSSR count). The molecule has 1 fully saturated rings. The molecule has 0 radical (unpaired) electrons. The molecule has 2 aromatic rings. The van der Waals surface area contributed by atoms with Crippen LogP contribution in [-0.2, 0) is 24.7 Å². The highest BCUT2D eigenvalue weighted by atomic mass is 35.5. The highest BCUT2D eigenvalue weighted by Crippen LogP contribution is 2.20. The van der Waals surface area contributed by atoms with Crippen molar-refractivity contribution >= 4 is 35.3 Å². The first-order valence-corrected chi connectivity index (χ1v) is 10.6. The Balaban J connectivity index is 0.00000261. The molecular weight excluding hydrogens is 378 g/mol. The summed E-state index contributed by atoms with van der Waals surface area (Å²) in [5.74, 6) is 0.0205. The molecule has 1 saturated carbocycles. The number of halogens is 1. The van der Waals surface area contributed by atoms with E-state index in [1.54, 1.807) is 11.3 Å². The zero-order chi connectivity index (χ0) is 18.4. The predicted octanol–water partition coefficient (Wildman–Crippen LogP) is 4.88. The number of anilines is 1. The van der Waals surface area contributed by atoms with Gasteiger partial charge in [-0.25, -0.2) is 0 Å². The third-order valence-corrected chi connectivity index (χ3v) is 6.01. The quantitative estimate of drug-likeness (QED) is 0.698. The highest BCUT2D eigenvalue weighted by Gasteiger charge is 2.14. The van der Waals surface area contributed by atoms with Crippen LogP contribution in [0.25, 0.3) is 0 Å². The van der Waals surface area contributed by atoms with Crippen LogP contribution in [0.2, 0.25) is 0 Å². The first-order valence-electron chi connectivity index (χ1n) is 9.71. The SMILES string of the molecule is CCCCc1ccc(NC(=O)Cc2csc(=NC3CCCC3)n2C)cc1.Cl. The van der Waals surface area contributed by atoms with Gasteiger partial charge in [0.05, 0.1) is 12.5 Å². The number of carbonyl (C=O) groups excluding carboxylic acids is 1. The smallest absolute Gasteiger partial charge is 0.230 e. The van der Waals surface area contributed by atoms with Gasteiger partial charge in [-0.3, -0.25) is 9.79 Å². The lowest BCUT2D eigenvalue weighted by molar-refractivity contribution is -0.115. The van der Waals surface area contributed by atoms with Crippen LogP contribution < -0.4 is 10.1 Å². The van der Waals surface area contributed by atoms with Gasteiger partial charge in [0.25, 0.3) is 0 Å². The van der Waals surface area contributed by atoms with Gasteiger partial charge in [-0.2, -0.15) is 0 Å². The van der Waals surface area contributed by atoms with Gasteiger partial charge in [0.15, 0.2) is 4.80 Å². The van der Waals surface area contributed by atoms with Crippen molar-refractivity contribution in [3.63, 3.8) is 0 Å². The molecule has 1 aromatic heterocycles. The van der Waals surface area contributed by atoms with Crippen LogP contribution in [0.4, 0.5) is 5.69 Å². The van der Waals surface area contributed by atoms with E-state index in [9.17, 15) is 4.79 Å². The summed E-state index contributed by atoms with van der Waals surface area (Å²) in [4.78, 5) is 18.3. The number of amides is 1. The maximum absolute atomic E-state index is 12.4. The summed E-state index contributed by atoms with van der Waals surface area (Å²) in [5.41, 5.74) is 3.21. The van der Waals surface area contributed by atoms with Gasteiger partial charge >= 0.3 is 0 Å². The van der Waals surface area contributed by atoms with Crippen molar-refractivity contribution in [1.82, 2.24) is 4.57 Å². The number of hydrogen-bond donors (Lipinski definition) is 1. The summed E-state index contributed by atoms with van der Waals surface area (Å²) in [6.07, 6.45) is 8.85. The van der Waals surface area contributed by atoms with Gasteiger partial charge in [-0.1, -0.05) is 38.3 Å². The van der Waals surface area contributed by atoms with Crippen LogP contribution in [0.3, 0.4) is 0 Å². The average molecular weight is 408 g/mol. The van der Waals surface area contributed by atoms with E-state index in [2.05, 4.69) is 34.3 Å². The Labute approximate surface area is 172 Å². The number of benzene rings is 1. The number of aryl methyl sites for hydroxylation is 1. The maximum Gasteiger partial charge on any atom is 0.230 e. The van der Waals surface area contributed by atoms with Crippen molar-refractivity contribution < 1.29 is 4.79 Å². The predicted molar refractivity (Wildman–Crippen MR) is 116 cm³/mol. The zero-order valence-corrected chi connectivity index (χ0v) is 17.9.